The predicted octanol–water partition coefficient (Wildman–Crippen LogP) is 2.04. The summed E-state index contributed by atoms with van der Waals surface area (Å²) in [6, 6.07) is 0. The summed E-state index contributed by atoms with van der Waals surface area (Å²) in [4.78, 5) is 22.7. The lowest BCUT2D eigenvalue weighted by Crippen LogP contribution is -2.23. The smallest absolute Gasteiger partial charge is 0.362 e. The van der Waals surface area contributed by atoms with Crippen LogP contribution in [0.1, 0.15) is 42.6 Å². The van der Waals surface area contributed by atoms with Crippen LogP contribution < -0.4 is 9.64 Å². The fraction of sp³-hybridized carbons (Fsp3) is 0.667. The topological polar surface area (TPSA) is 64.5 Å². The SMILES string of the molecule is COC(=O)c1ncc(N2CCCC2)nc1OCC1CCC1. The van der Waals surface area contributed by atoms with Crippen LogP contribution in [-0.2, 0) is 4.74 Å². The molecule has 1 aromatic rings. The van der Waals surface area contributed by atoms with Gasteiger partial charge in [-0.3, -0.25) is 0 Å². The number of methoxy groups -OCH3 is 1. The molecule has 6 heteroatoms. The number of aromatic nitrogens is 2. The number of hydrogen-bond donors (Lipinski definition) is 0. The average molecular weight is 291 g/mol. The molecule has 6 nitrogen and oxygen atoms in total. The number of nitrogens with zero attached hydrogens (tertiary/aromatic N) is 3. The lowest BCUT2D eigenvalue weighted by Gasteiger charge is -2.25. The van der Waals surface area contributed by atoms with Crippen molar-refractivity contribution in [3.05, 3.63) is 11.9 Å². The molecular formula is C15H21N3O3. The number of carbonyl (C=O) groups is 1. The van der Waals surface area contributed by atoms with Crippen LogP contribution in [0.15, 0.2) is 6.20 Å². The number of hydrogen-bond acceptors (Lipinski definition) is 6. The highest BCUT2D eigenvalue weighted by Gasteiger charge is 2.23. The average Bonchev–Trinajstić information content (AvgIpc) is 2.99. The monoisotopic (exact) mass is 291 g/mol. The van der Waals surface area contributed by atoms with Crippen LogP contribution in [-0.4, -0.2) is 42.7 Å². The van der Waals surface area contributed by atoms with Crippen LogP contribution in [0.2, 0.25) is 0 Å². The van der Waals surface area contributed by atoms with Gasteiger partial charge in [0.1, 0.15) is 0 Å². The summed E-state index contributed by atoms with van der Waals surface area (Å²) in [6.07, 6.45) is 7.60. The second-order valence-corrected chi connectivity index (χ2v) is 5.68. The molecule has 2 aliphatic rings. The maximum Gasteiger partial charge on any atom is 0.362 e. The zero-order valence-corrected chi connectivity index (χ0v) is 12.4. The van der Waals surface area contributed by atoms with E-state index in [-0.39, 0.29) is 5.69 Å². The van der Waals surface area contributed by atoms with E-state index in [0.717, 1.165) is 18.9 Å². The highest BCUT2D eigenvalue weighted by atomic mass is 16.5. The number of esters is 1. The van der Waals surface area contributed by atoms with E-state index in [1.54, 1.807) is 6.20 Å². The summed E-state index contributed by atoms with van der Waals surface area (Å²) in [5.74, 6) is 1.16. The molecule has 0 unspecified atom stereocenters. The van der Waals surface area contributed by atoms with E-state index in [1.807, 2.05) is 0 Å². The zero-order chi connectivity index (χ0) is 14.7. The number of rotatable bonds is 5. The molecule has 0 bridgehead atoms. The molecular weight excluding hydrogens is 270 g/mol. The van der Waals surface area contributed by atoms with Crippen molar-refractivity contribution >= 4 is 11.8 Å². The van der Waals surface area contributed by atoms with Crippen molar-refractivity contribution < 1.29 is 14.3 Å². The Hall–Kier alpha value is -1.85. The normalized spacial score (nSPS) is 18.4. The molecule has 0 radical (unpaired) electrons. The van der Waals surface area contributed by atoms with Crippen molar-refractivity contribution in [3.8, 4) is 5.88 Å². The molecule has 1 saturated heterocycles. The molecule has 0 spiro atoms. The largest absolute Gasteiger partial charge is 0.476 e. The first-order valence-corrected chi connectivity index (χ1v) is 7.61. The predicted molar refractivity (Wildman–Crippen MR) is 77.7 cm³/mol. The molecule has 0 N–H and O–H groups in total. The van der Waals surface area contributed by atoms with E-state index in [1.165, 1.54) is 39.2 Å². The summed E-state index contributed by atoms with van der Waals surface area (Å²) in [6.45, 7) is 2.56. The first kappa shape index (κ1) is 14.1. The van der Waals surface area contributed by atoms with Gasteiger partial charge in [-0.05, 0) is 31.6 Å². The van der Waals surface area contributed by atoms with E-state index < -0.39 is 5.97 Å². The van der Waals surface area contributed by atoms with Crippen molar-refractivity contribution in [2.24, 2.45) is 5.92 Å². The highest BCUT2D eigenvalue weighted by molar-refractivity contribution is 5.89. The number of carbonyl (C=O) groups excluding carboxylic acids is 1. The molecule has 1 aliphatic carbocycles. The van der Waals surface area contributed by atoms with Gasteiger partial charge in [-0.2, -0.15) is 4.98 Å². The first-order chi connectivity index (χ1) is 10.3. The third-order valence-corrected chi connectivity index (χ3v) is 4.22. The summed E-state index contributed by atoms with van der Waals surface area (Å²) in [7, 11) is 1.34. The Morgan fingerprint density at radius 3 is 2.71 bits per heavy atom. The second-order valence-electron chi connectivity index (χ2n) is 5.68. The van der Waals surface area contributed by atoms with Gasteiger partial charge in [0.15, 0.2) is 5.82 Å². The Balaban J connectivity index is 1.79. The maximum atomic E-state index is 11.8. The Labute approximate surface area is 124 Å². The van der Waals surface area contributed by atoms with Crippen LogP contribution in [0.3, 0.4) is 0 Å². The number of ether oxygens (including phenoxy) is 2. The van der Waals surface area contributed by atoms with Gasteiger partial charge in [-0.25, -0.2) is 9.78 Å². The van der Waals surface area contributed by atoms with Gasteiger partial charge in [0.05, 0.1) is 19.9 Å². The van der Waals surface area contributed by atoms with Crippen LogP contribution >= 0.6 is 0 Å². The van der Waals surface area contributed by atoms with Crippen molar-refractivity contribution in [2.45, 2.75) is 32.1 Å². The lowest BCUT2D eigenvalue weighted by molar-refractivity contribution is 0.0584. The molecule has 0 aromatic carbocycles. The quantitative estimate of drug-likeness (QED) is 0.774. The van der Waals surface area contributed by atoms with Gasteiger partial charge < -0.3 is 14.4 Å². The van der Waals surface area contributed by atoms with Crippen LogP contribution in [0.4, 0.5) is 5.82 Å². The summed E-state index contributed by atoms with van der Waals surface area (Å²) in [5.41, 5.74) is 0.166. The Morgan fingerprint density at radius 1 is 1.33 bits per heavy atom. The molecule has 1 aliphatic heterocycles. The zero-order valence-electron chi connectivity index (χ0n) is 12.4. The molecule has 0 atom stereocenters. The van der Waals surface area contributed by atoms with Gasteiger partial charge in [-0.15, -0.1) is 0 Å². The molecule has 21 heavy (non-hydrogen) atoms. The van der Waals surface area contributed by atoms with Crippen molar-refractivity contribution in [3.63, 3.8) is 0 Å². The van der Waals surface area contributed by atoms with Crippen LogP contribution in [0.5, 0.6) is 5.88 Å². The van der Waals surface area contributed by atoms with Crippen molar-refractivity contribution in [2.75, 3.05) is 31.7 Å². The van der Waals surface area contributed by atoms with E-state index in [9.17, 15) is 4.79 Å². The van der Waals surface area contributed by atoms with Crippen LogP contribution in [0.25, 0.3) is 0 Å². The molecule has 2 heterocycles. The van der Waals surface area contributed by atoms with Gasteiger partial charge in [-0.1, -0.05) is 6.42 Å². The first-order valence-electron chi connectivity index (χ1n) is 7.61. The van der Waals surface area contributed by atoms with Gasteiger partial charge in [0, 0.05) is 13.1 Å². The second kappa shape index (κ2) is 6.28. The minimum atomic E-state index is -0.501. The fourth-order valence-electron chi connectivity index (χ4n) is 2.66. The van der Waals surface area contributed by atoms with E-state index in [4.69, 9.17) is 9.47 Å². The minimum absolute atomic E-state index is 0.166. The van der Waals surface area contributed by atoms with E-state index in [0.29, 0.717) is 18.4 Å². The van der Waals surface area contributed by atoms with Gasteiger partial charge in [0.2, 0.25) is 11.6 Å². The van der Waals surface area contributed by atoms with Gasteiger partial charge in [0.25, 0.3) is 0 Å². The number of anilines is 1. The summed E-state index contributed by atoms with van der Waals surface area (Å²) >= 11 is 0. The Morgan fingerprint density at radius 2 is 2.10 bits per heavy atom. The van der Waals surface area contributed by atoms with Crippen molar-refractivity contribution in [1.82, 2.24) is 9.97 Å². The molecule has 114 valence electrons. The Kier molecular flexibility index (Phi) is 4.22. The van der Waals surface area contributed by atoms with Crippen LogP contribution in [0, 0.1) is 5.92 Å². The van der Waals surface area contributed by atoms with Gasteiger partial charge >= 0.3 is 5.97 Å². The third kappa shape index (κ3) is 3.09. The molecule has 1 aromatic heterocycles. The summed E-state index contributed by atoms with van der Waals surface area (Å²) in [5, 5.41) is 0. The maximum absolute atomic E-state index is 11.8. The highest BCUT2D eigenvalue weighted by Crippen LogP contribution is 2.28. The molecule has 0 amide bonds. The summed E-state index contributed by atoms with van der Waals surface area (Å²) < 4.78 is 10.5. The van der Waals surface area contributed by atoms with E-state index >= 15 is 0 Å². The molecule has 2 fully saturated rings. The molecule has 1 saturated carbocycles. The third-order valence-electron chi connectivity index (χ3n) is 4.22. The van der Waals surface area contributed by atoms with E-state index in [2.05, 4.69) is 14.9 Å². The fourth-order valence-corrected chi connectivity index (χ4v) is 2.66. The Bertz CT molecular complexity index is 511. The van der Waals surface area contributed by atoms with Crippen molar-refractivity contribution in [1.29, 1.82) is 0 Å². The standard InChI is InChI=1S/C15H21N3O3/c1-20-15(19)13-14(21-10-11-5-4-6-11)17-12(9-16-13)18-7-2-3-8-18/h9,11H,2-8,10H2,1H3. The minimum Gasteiger partial charge on any atom is -0.476 e. The lowest BCUT2D eigenvalue weighted by atomic mass is 9.86. The molecule has 3 rings (SSSR count).